The maximum Gasteiger partial charge on any atom is 0.262 e. The van der Waals surface area contributed by atoms with Gasteiger partial charge in [0.25, 0.3) is 5.91 Å². The lowest BCUT2D eigenvalue weighted by molar-refractivity contribution is -0.118. The zero-order valence-corrected chi connectivity index (χ0v) is 13.1. The topological polar surface area (TPSA) is 83.2 Å². The third kappa shape index (κ3) is 3.73. The number of anilines is 2. The number of benzene rings is 2. The van der Waals surface area contributed by atoms with Crippen LogP contribution in [0.15, 0.2) is 54.7 Å². The molecule has 0 bridgehead atoms. The summed E-state index contributed by atoms with van der Waals surface area (Å²) in [6.45, 7) is 1.33. The van der Waals surface area contributed by atoms with Crippen molar-refractivity contribution in [1.29, 1.82) is 0 Å². The standard InChI is InChI=1S/C18H17N3O3/c1-12(22)20-13-4-2-5-14(10-13)21-18(23)11-24-17-7-3-6-16-15(17)8-9-19-16/h2-10,19H,11H2,1H3,(H,20,22)(H,21,23). The van der Waals surface area contributed by atoms with E-state index >= 15 is 0 Å². The minimum absolute atomic E-state index is 0.103. The number of hydrogen-bond acceptors (Lipinski definition) is 3. The van der Waals surface area contributed by atoms with Crippen molar-refractivity contribution >= 4 is 34.1 Å². The van der Waals surface area contributed by atoms with E-state index in [1.807, 2.05) is 30.5 Å². The van der Waals surface area contributed by atoms with Gasteiger partial charge in [-0.2, -0.15) is 0 Å². The van der Waals surface area contributed by atoms with Crippen LogP contribution in [0.2, 0.25) is 0 Å². The van der Waals surface area contributed by atoms with Crippen molar-refractivity contribution in [2.75, 3.05) is 17.2 Å². The summed E-state index contributed by atoms with van der Waals surface area (Å²) in [6, 6.07) is 14.5. The molecule has 0 fully saturated rings. The summed E-state index contributed by atoms with van der Waals surface area (Å²) >= 11 is 0. The molecule has 0 saturated carbocycles. The van der Waals surface area contributed by atoms with Crippen LogP contribution in [0.25, 0.3) is 10.9 Å². The highest BCUT2D eigenvalue weighted by molar-refractivity contribution is 5.94. The molecular formula is C18H17N3O3. The van der Waals surface area contributed by atoms with Gasteiger partial charge in [-0.3, -0.25) is 9.59 Å². The largest absolute Gasteiger partial charge is 0.483 e. The summed E-state index contributed by atoms with van der Waals surface area (Å²) in [6.07, 6.45) is 1.82. The Kier molecular flexibility index (Phi) is 4.47. The second-order valence-electron chi connectivity index (χ2n) is 5.29. The monoisotopic (exact) mass is 323 g/mol. The predicted molar refractivity (Wildman–Crippen MR) is 93.2 cm³/mol. The fourth-order valence-corrected chi connectivity index (χ4v) is 2.40. The van der Waals surface area contributed by atoms with Gasteiger partial charge in [0.2, 0.25) is 5.91 Å². The third-order valence-corrected chi connectivity index (χ3v) is 3.38. The first-order chi connectivity index (χ1) is 11.6. The minimum atomic E-state index is -0.275. The van der Waals surface area contributed by atoms with Crippen LogP contribution in [0.3, 0.4) is 0 Å². The number of amides is 2. The van der Waals surface area contributed by atoms with Gasteiger partial charge in [-0.1, -0.05) is 12.1 Å². The quantitative estimate of drug-likeness (QED) is 0.674. The summed E-state index contributed by atoms with van der Waals surface area (Å²) in [5, 5.41) is 6.34. The van der Waals surface area contributed by atoms with Gasteiger partial charge in [0.15, 0.2) is 6.61 Å². The maximum atomic E-state index is 12.1. The van der Waals surface area contributed by atoms with Crippen molar-refractivity contribution in [3.05, 3.63) is 54.7 Å². The van der Waals surface area contributed by atoms with Gasteiger partial charge in [-0.05, 0) is 36.4 Å². The van der Waals surface area contributed by atoms with Crippen molar-refractivity contribution in [2.45, 2.75) is 6.92 Å². The Morgan fingerprint density at radius 1 is 1.04 bits per heavy atom. The molecule has 2 aromatic carbocycles. The van der Waals surface area contributed by atoms with Gasteiger partial charge in [-0.15, -0.1) is 0 Å². The molecular weight excluding hydrogens is 306 g/mol. The summed E-state index contributed by atoms with van der Waals surface area (Å²) in [5.41, 5.74) is 2.17. The van der Waals surface area contributed by atoms with Crippen LogP contribution < -0.4 is 15.4 Å². The van der Waals surface area contributed by atoms with E-state index in [-0.39, 0.29) is 18.4 Å². The molecule has 6 heteroatoms. The molecule has 3 aromatic rings. The Hall–Kier alpha value is -3.28. The van der Waals surface area contributed by atoms with Crippen molar-refractivity contribution in [3.8, 4) is 5.75 Å². The molecule has 1 aromatic heterocycles. The number of carbonyl (C=O) groups excluding carboxylic acids is 2. The van der Waals surface area contributed by atoms with Gasteiger partial charge in [0, 0.05) is 35.4 Å². The molecule has 1 heterocycles. The average Bonchev–Trinajstić information content (AvgIpc) is 3.01. The van der Waals surface area contributed by atoms with E-state index in [1.54, 1.807) is 24.3 Å². The third-order valence-electron chi connectivity index (χ3n) is 3.38. The Labute approximate surface area is 138 Å². The number of nitrogens with one attached hydrogen (secondary N) is 3. The van der Waals surface area contributed by atoms with Crippen LogP contribution >= 0.6 is 0 Å². The molecule has 3 rings (SSSR count). The average molecular weight is 323 g/mol. The van der Waals surface area contributed by atoms with Crippen LogP contribution in [0, 0.1) is 0 Å². The first-order valence-corrected chi connectivity index (χ1v) is 7.48. The van der Waals surface area contributed by atoms with Crippen LogP contribution in [-0.4, -0.2) is 23.4 Å². The van der Waals surface area contributed by atoms with Gasteiger partial charge >= 0.3 is 0 Å². The van der Waals surface area contributed by atoms with E-state index in [1.165, 1.54) is 6.92 Å². The van der Waals surface area contributed by atoms with E-state index in [0.717, 1.165) is 10.9 Å². The van der Waals surface area contributed by atoms with Gasteiger partial charge in [0.05, 0.1) is 0 Å². The van der Waals surface area contributed by atoms with E-state index < -0.39 is 0 Å². The molecule has 0 aliphatic heterocycles. The molecule has 0 radical (unpaired) electrons. The van der Waals surface area contributed by atoms with Crippen LogP contribution in [-0.2, 0) is 9.59 Å². The Bertz CT molecular complexity index is 886. The lowest BCUT2D eigenvalue weighted by Gasteiger charge is -2.09. The van der Waals surface area contributed by atoms with Crippen LogP contribution in [0.4, 0.5) is 11.4 Å². The lowest BCUT2D eigenvalue weighted by atomic mass is 10.2. The minimum Gasteiger partial charge on any atom is -0.483 e. The first-order valence-electron chi connectivity index (χ1n) is 7.48. The van der Waals surface area contributed by atoms with E-state index in [9.17, 15) is 9.59 Å². The van der Waals surface area contributed by atoms with E-state index in [4.69, 9.17) is 4.74 Å². The van der Waals surface area contributed by atoms with Crippen molar-refractivity contribution < 1.29 is 14.3 Å². The summed E-state index contributed by atoms with van der Waals surface area (Å²) < 4.78 is 5.60. The fourth-order valence-electron chi connectivity index (χ4n) is 2.40. The molecule has 122 valence electrons. The smallest absolute Gasteiger partial charge is 0.262 e. The summed E-state index contributed by atoms with van der Waals surface area (Å²) in [7, 11) is 0. The molecule has 2 amide bonds. The summed E-state index contributed by atoms with van der Waals surface area (Å²) in [4.78, 5) is 26.2. The van der Waals surface area contributed by atoms with E-state index in [0.29, 0.717) is 17.1 Å². The lowest BCUT2D eigenvalue weighted by Crippen LogP contribution is -2.20. The number of fused-ring (bicyclic) bond motifs is 1. The number of rotatable bonds is 5. The Balaban J connectivity index is 1.62. The fraction of sp³-hybridized carbons (Fsp3) is 0.111. The molecule has 0 spiro atoms. The second-order valence-corrected chi connectivity index (χ2v) is 5.29. The molecule has 6 nitrogen and oxygen atoms in total. The van der Waals surface area contributed by atoms with E-state index in [2.05, 4.69) is 15.6 Å². The molecule has 3 N–H and O–H groups in total. The second kappa shape index (κ2) is 6.87. The molecule has 0 unspecified atom stereocenters. The molecule has 0 aliphatic carbocycles. The number of carbonyl (C=O) groups is 2. The van der Waals surface area contributed by atoms with Crippen LogP contribution in [0.1, 0.15) is 6.92 Å². The zero-order valence-electron chi connectivity index (χ0n) is 13.1. The Morgan fingerprint density at radius 2 is 1.79 bits per heavy atom. The first kappa shape index (κ1) is 15.6. The normalized spacial score (nSPS) is 10.4. The van der Waals surface area contributed by atoms with Gasteiger partial charge in [0.1, 0.15) is 5.75 Å². The maximum absolute atomic E-state index is 12.1. The van der Waals surface area contributed by atoms with Crippen molar-refractivity contribution in [3.63, 3.8) is 0 Å². The SMILES string of the molecule is CC(=O)Nc1cccc(NC(=O)COc2cccc3[nH]ccc23)c1. The number of aromatic amines is 1. The highest BCUT2D eigenvalue weighted by Gasteiger charge is 2.07. The number of H-pyrrole nitrogens is 1. The number of ether oxygens (including phenoxy) is 1. The van der Waals surface area contributed by atoms with Crippen molar-refractivity contribution in [1.82, 2.24) is 4.98 Å². The molecule has 0 atom stereocenters. The van der Waals surface area contributed by atoms with Gasteiger partial charge in [-0.25, -0.2) is 0 Å². The predicted octanol–water partition coefficient (Wildman–Crippen LogP) is 3.14. The summed E-state index contributed by atoms with van der Waals surface area (Å²) in [5.74, 6) is 0.208. The van der Waals surface area contributed by atoms with Crippen LogP contribution in [0.5, 0.6) is 5.75 Å². The zero-order chi connectivity index (χ0) is 16.9. The molecule has 24 heavy (non-hydrogen) atoms. The van der Waals surface area contributed by atoms with Crippen molar-refractivity contribution in [2.24, 2.45) is 0 Å². The number of hydrogen-bond donors (Lipinski definition) is 3. The molecule has 0 saturated heterocycles. The number of aromatic nitrogens is 1. The highest BCUT2D eigenvalue weighted by atomic mass is 16.5. The molecule has 0 aliphatic rings. The highest BCUT2D eigenvalue weighted by Crippen LogP contribution is 2.24. The Morgan fingerprint density at radius 3 is 2.58 bits per heavy atom. The van der Waals surface area contributed by atoms with Gasteiger partial charge < -0.3 is 20.4 Å².